The summed E-state index contributed by atoms with van der Waals surface area (Å²) >= 11 is 0. The van der Waals surface area contributed by atoms with Crippen molar-refractivity contribution < 1.29 is 13.9 Å². The number of benzene rings is 1. The molecule has 10 heteroatoms. The Bertz CT molecular complexity index is 1260. The summed E-state index contributed by atoms with van der Waals surface area (Å²) in [6, 6.07) is 2.47. The summed E-state index contributed by atoms with van der Waals surface area (Å²) in [6.07, 6.45) is 3.89. The summed E-state index contributed by atoms with van der Waals surface area (Å²) in [6.45, 7) is 1.92. The second kappa shape index (κ2) is 7.19. The molecule has 0 spiro atoms. The lowest BCUT2D eigenvalue weighted by Crippen LogP contribution is -2.62. The third kappa shape index (κ3) is 3.12. The van der Waals surface area contributed by atoms with E-state index in [9.17, 15) is 14.3 Å². The SMILES string of the molecule is CN(c1cnc(-c2cc3c(F)cn(C)c(=O)c3cc2O)nn1)[C@@H]1CC2CC[C@](C)(N2)[C@@H]1F. The zero-order valence-electron chi connectivity index (χ0n) is 18.0. The van der Waals surface area contributed by atoms with Crippen LogP contribution in [0.1, 0.15) is 26.2 Å². The Morgan fingerprint density at radius 1 is 1.31 bits per heavy atom. The van der Waals surface area contributed by atoms with Crippen molar-refractivity contribution in [3.05, 3.63) is 40.7 Å². The van der Waals surface area contributed by atoms with E-state index in [1.54, 1.807) is 11.9 Å². The molecular formula is C22H24F2N6O2. The van der Waals surface area contributed by atoms with Crippen molar-refractivity contribution >= 4 is 16.6 Å². The molecule has 4 heterocycles. The quantitative estimate of drug-likeness (QED) is 0.643. The molecule has 2 aliphatic heterocycles. The topological polar surface area (TPSA) is 96.2 Å². The Balaban J connectivity index is 1.47. The molecule has 8 nitrogen and oxygen atoms in total. The molecular weight excluding hydrogens is 418 g/mol. The maximum atomic E-state index is 15.2. The molecule has 3 aromatic rings. The summed E-state index contributed by atoms with van der Waals surface area (Å²) in [4.78, 5) is 18.3. The molecule has 0 amide bonds. The molecule has 2 fully saturated rings. The Hall–Kier alpha value is -3.14. The number of aromatic hydroxyl groups is 1. The Kier molecular flexibility index (Phi) is 4.66. The van der Waals surface area contributed by atoms with E-state index in [0.29, 0.717) is 12.2 Å². The van der Waals surface area contributed by atoms with Crippen LogP contribution in [0.3, 0.4) is 0 Å². The number of piperidine rings is 1. The van der Waals surface area contributed by atoms with Gasteiger partial charge in [-0.3, -0.25) is 4.79 Å². The average molecular weight is 442 g/mol. The van der Waals surface area contributed by atoms with Crippen LogP contribution in [0, 0.1) is 5.82 Å². The van der Waals surface area contributed by atoms with Gasteiger partial charge in [0.1, 0.15) is 17.7 Å². The van der Waals surface area contributed by atoms with Crippen molar-refractivity contribution in [3.63, 3.8) is 0 Å². The van der Waals surface area contributed by atoms with Crippen LogP contribution in [0.15, 0.2) is 29.3 Å². The van der Waals surface area contributed by atoms with Crippen molar-refractivity contribution in [1.29, 1.82) is 0 Å². The molecule has 2 aliphatic rings. The lowest BCUT2D eigenvalue weighted by atomic mass is 9.86. The third-order valence-corrected chi connectivity index (χ3v) is 6.92. The van der Waals surface area contributed by atoms with Crippen LogP contribution in [-0.2, 0) is 7.05 Å². The van der Waals surface area contributed by atoms with Crippen LogP contribution < -0.4 is 15.8 Å². The Morgan fingerprint density at radius 2 is 2.09 bits per heavy atom. The highest BCUT2D eigenvalue weighted by Gasteiger charge is 2.51. The third-order valence-electron chi connectivity index (χ3n) is 6.92. The first-order valence-corrected chi connectivity index (χ1v) is 10.5. The minimum absolute atomic E-state index is 0.0566. The van der Waals surface area contributed by atoms with Crippen molar-refractivity contribution in [1.82, 2.24) is 25.1 Å². The maximum Gasteiger partial charge on any atom is 0.258 e. The number of aromatic nitrogens is 4. The van der Waals surface area contributed by atoms with E-state index in [1.165, 1.54) is 25.4 Å². The summed E-state index contributed by atoms with van der Waals surface area (Å²) in [5.74, 6) is -0.368. The van der Waals surface area contributed by atoms with E-state index in [2.05, 4.69) is 20.5 Å². The standard InChI is InChI=1S/C22H24F2N6O2/c1-22-5-4-11(26-22)6-16(19(22)24)30(3)18-9-25-20(28-27-18)14-7-12-13(8-17(14)31)21(32)29(2)10-15(12)23/h7-11,16,19,26,31H,4-6H2,1-3H3/t11?,16-,19-,22+/m1/s1. The number of fused-ring (bicyclic) bond motifs is 3. The van der Waals surface area contributed by atoms with Gasteiger partial charge in [0.25, 0.3) is 5.56 Å². The van der Waals surface area contributed by atoms with E-state index in [0.717, 1.165) is 23.6 Å². The van der Waals surface area contributed by atoms with Gasteiger partial charge in [0.05, 0.1) is 23.2 Å². The Labute approximate surface area is 182 Å². The van der Waals surface area contributed by atoms with Gasteiger partial charge in [-0.25, -0.2) is 13.8 Å². The van der Waals surface area contributed by atoms with Gasteiger partial charge in [0, 0.05) is 37.3 Å². The van der Waals surface area contributed by atoms with Crippen LogP contribution in [-0.4, -0.2) is 55.7 Å². The first-order valence-electron chi connectivity index (χ1n) is 10.5. The number of rotatable bonds is 3. The number of halogens is 2. The predicted octanol–water partition coefficient (Wildman–Crippen LogP) is 2.29. The van der Waals surface area contributed by atoms with Gasteiger partial charge in [-0.1, -0.05) is 0 Å². The molecule has 4 atom stereocenters. The van der Waals surface area contributed by atoms with Crippen LogP contribution in [0.5, 0.6) is 5.75 Å². The number of phenolic OH excluding ortho intramolecular Hbond substituents is 1. The van der Waals surface area contributed by atoms with E-state index in [1.807, 2.05) is 6.92 Å². The molecule has 32 heavy (non-hydrogen) atoms. The molecule has 0 radical (unpaired) electrons. The molecule has 2 saturated heterocycles. The normalized spacial score (nSPS) is 27.1. The molecule has 2 bridgehead atoms. The molecule has 168 valence electrons. The number of anilines is 1. The first-order chi connectivity index (χ1) is 15.2. The molecule has 0 saturated carbocycles. The van der Waals surface area contributed by atoms with Crippen molar-refractivity contribution in [2.45, 2.75) is 50.0 Å². The fourth-order valence-corrected chi connectivity index (χ4v) is 5.02. The van der Waals surface area contributed by atoms with E-state index < -0.39 is 23.1 Å². The van der Waals surface area contributed by atoms with Gasteiger partial charge >= 0.3 is 0 Å². The van der Waals surface area contributed by atoms with Crippen molar-refractivity contribution in [3.8, 4) is 17.1 Å². The van der Waals surface area contributed by atoms with Gasteiger partial charge in [-0.15, -0.1) is 10.2 Å². The summed E-state index contributed by atoms with van der Waals surface area (Å²) in [5.41, 5.74) is -0.812. The summed E-state index contributed by atoms with van der Waals surface area (Å²) < 4.78 is 30.8. The fraction of sp³-hybridized carbons (Fsp3) is 0.455. The molecule has 5 rings (SSSR count). The van der Waals surface area contributed by atoms with Crippen LogP contribution >= 0.6 is 0 Å². The van der Waals surface area contributed by atoms with Gasteiger partial charge in [0.2, 0.25) is 0 Å². The predicted molar refractivity (Wildman–Crippen MR) is 116 cm³/mol. The number of hydrogen-bond donors (Lipinski definition) is 2. The highest BCUT2D eigenvalue weighted by molar-refractivity contribution is 5.89. The maximum absolute atomic E-state index is 15.2. The number of hydrogen-bond acceptors (Lipinski definition) is 7. The van der Waals surface area contributed by atoms with Crippen molar-refractivity contribution in [2.75, 3.05) is 11.9 Å². The molecule has 1 aromatic carbocycles. The number of aryl methyl sites for hydroxylation is 1. The number of pyridine rings is 1. The molecule has 1 unspecified atom stereocenters. The van der Waals surface area contributed by atoms with E-state index in [-0.39, 0.29) is 40.0 Å². The lowest BCUT2D eigenvalue weighted by Gasteiger charge is -2.43. The zero-order chi connectivity index (χ0) is 22.8. The van der Waals surface area contributed by atoms with Gasteiger partial charge in [-0.05, 0) is 38.3 Å². The molecule has 2 aromatic heterocycles. The molecule has 0 aliphatic carbocycles. The lowest BCUT2D eigenvalue weighted by molar-refractivity contribution is 0.111. The average Bonchev–Trinajstić information content (AvgIpc) is 3.11. The van der Waals surface area contributed by atoms with Crippen LogP contribution in [0.2, 0.25) is 0 Å². The number of nitrogens with one attached hydrogen (secondary N) is 1. The fourth-order valence-electron chi connectivity index (χ4n) is 5.02. The van der Waals surface area contributed by atoms with E-state index in [4.69, 9.17) is 0 Å². The largest absolute Gasteiger partial charge is 0.507 e. The van der Waals surface area contributed by atoms with Gasteiger partial charge in [-0.2, -0.15) is 0 Å². The van der Waals surface area contributed by atoms with Crippen LogP contribution in [0.4, 0.5) is 14.6 Å². The number of nitrogens with zero attached hydrogens (tertiary/aromatic N) is 5. The zero-order valence-corrected chi connectivity index (χ0v) is 18.0. The van der Waals surface area contributed by atoms with Crippen LogP contribution in [0.25, 0.3) is 22.2 Å². The minimum Gasteiger partial charge on any atom is -0.507 e. The second-order valence-corrected chi connectivity index (χ2v) is 9.06. The number of alkyl halides is 1. The second-order valence-electron chi connectivity index (χ2n) is 9.06. The first kappa shape index (κ1) is 20.7. The monoisotopic (exact) mass is 442 g/mol. The minimum atomic E-state index is -1.07. The highest BCUT2D eigenvalue weighted by atomic mass is 19.1. The smallest absolute Gasteiger partial charge is 0.258 e. The summed E-state index contributed by atoms with van der Waals surface area (Å²) in [7, 11) is 3.21. The van der Waals surface area contributed by atoms with Gasteiger partial charge < -0.3 is 19.9 Å². The van der Waals surface area contributed by atoms with Gasteiger partial charge in [0.15, 0.2) is 11.6 Å². The van der Waals surface area contributed by atoms with E-state index >= 15 is 4.39 Å². The number of phenols is 1. The highest BCUT2D eigenvalue weighted by Crippen LogP contribution is 2.40. The molecule has 2 N–H and O–H groups in total. The Morgan fingerprint density at radius 3 is 2.81 bits per heavy atom. The van der Waals surface area contributed by atoms with Crippen molar-refractivity contribution in [2.24, 2.45) is 7.05 Å². The summed E-state index contributed by atoms with van der Waals surface area (Å²) in [5, 5.41) is 22.2.